The fraction of sp³-hybridized carbons (Fsp3) is 1.00. The quantitative estimate of drug-likeness (QED) is 0.432. The third kappa shape index (κ3) is 6.72. The molecule has 0 radical (unpaired) electrons. The van der Waals surface area contributed by atoms with Gasteiger partial charge in [0.2, 0.25) is 0 Å². The highest BCUT2D eigenvalue weighted by molar-refractivity contribution is 9.12. The first-order valence-corrected chi connectivity index (χ1v) is 9.11. The summed E-state index contributed by atoms with van der Waals surface area (Å²) in [6, 6.07) is 0. The molecule has 0 aromatic rings. The van der Waals surface area contributed by atoms with Crippen molar-refractivity contribution in [2.24, 2.45) is 5.92 Å². The average molecular weight is 488 g/mol. The summed E-state index contributed by atoms with van der Waals surface area (Å²) in [6.07, 6.45) is 2.34. The maximum atomic E-state index is 5.21. The van der Waals surface area contributed by atoms with Crippen molar-refractivity contribution in [3.63, 3.8) is 0 Å². The minimum absolute atomic E-state index is 0.0116. The van der Waals surface area contributed by atoms with Gasteiger partial charge in [-0.3, -0.25) is 0 Å². The van der Waals surface area contributed by atoms with E-state index in [2.05, 4.69) is 77.6 Å². The first-order chi connectivity index (χ1) is 7.35. The highest BCUT2D eigenvalue weighted by Crippen LogP contribution is 2.33. The van der Waals surface area contributed by atoms with Gasteiger partial charge in [-0.2, -0.15) is 0 Å². The van der Waals surface area contributed by atoms with E-state index in [4.69, 9.17) is 4.74 Å². The Morgan fingerprint density at radius 1 is 1.25 bits per heavy atom. The van der Waals surface area contributed by atoms with Gasteiger partial charge in [-0.15, -0.1) is 0 Å². The van der Waals surface area contributed by atoms with Crippen molar-refractivity contribution in [1.29, 1.82) is 0 Å². The topological polar surface area (TPSA) is 9.23 Å². The van der Waals surface area contributed by atoms with E-state index in [0.717, 1.165) is 11.8 Å². The molecule has 0 saturated carbocycles. The van der Waals surface area contributed by atoms with Gasteiger partial charge in [0.05, 0.1) is 10.9 Å². The number of ether oxygens (including phenoxy) is 1. The number of alkyl halides is 4. The van der Waals surface area contributed by atoms with Crippen LogP contribution in [0.1, 0.15) is 26.7 Å². The van der Waals surface area contributed by atoms with Crippen molar-refractivity contribution in [3.8, 4) is 0 Å². The molecule has 0 spiro atoms. The highest BCUT2D eigenvalue weighted by atomic mass is 79.9. The number of hydrogen-bond acceptors (Lipinski definition) is 1. The van der Waals surface area contributed by atoms with Crippen LogP contribution in [-0.4, -0.2) is 33.0 Å². The predicted molar refractivity (Wildman–Crippen MR) is 86.8 cm³/mol. The lowest BCUT2D eigenvalue weighted by molar-refractivity contribution is 0.173. The second kappa shape index (κ2) is 8.89. The second-order valence-electron chi connectivity index (χ2n) is 4.40. The zero-order valence-corrected chi connectivity index (χ0v) is 16.3. The molecule has 0 aliphatic rings. The first-order valence-electron chi connectivity index (χ1n) is 5.37. The fourth-order valence-electron chi connectivity index (χ4n) is 1.42. The Hall–Kier alpha value is 1.88. The minimum Gasteiger partial charge on any atom is -0.383 e. The molecule has 16 heavy (non-hydrogen) atoms. The second-order valence-corrected chi connectivity index (χ2v) is 9.14. The maximum absolute atomic E-state index is 5.21. The first kappa shape index (κ1) is 17.9. The summed E-state index contributed by atoms with van der Waals surface area (Å²) in [5, 5.41) is 1.00. The molecule has 0 bridgehead atoms. The van der Waals surface area contributed by atoms with E-state index < -0.39 is 0 Å². The van der Waals surface area contributed by atoms with Crippen molar-refractivity contribution < 1.29 is 4.74 Å². The summed E-state index contributed by atoms with van der Waals surface area (Å²) in [4.78, 5) is 0.980. The van der Waals surface area contributed by atoms with Crippen molar-refractivity contribution in [2.45, 2.75) is 40.7 Å². The summed E-state index contributed by atoms with van der Waals surface area (Å²) in [5.74, 6) is 0.672. The van der Waals surface area contributed by atoms with Crippen molar-refractivity contribution >= 4 is 63.7 Å². The van der Waals surface area contributed by atoms with Gasteiger partial charge in [-0.25, -0.2) is 0 Å². The van der Waals surface area contributed by atoms with Gasteiger partial charge in [0.15, 0.2) is 0 Å². The maximum Gasteiger partial charge on any atom is 0.0624 e. The molecule has 0 aliphatic heterocycles. The molecular formula is C11H20Br4O. The van der Waals surface area contributed by atoms with Gasteiger partial charge >= 0.3 is 0 Å². The normalized spacial score (nSPS) is 21.2. The van der Waals surface area contributed by atoms with E-state index in [1.54, 1.807) is 7.11 Å². The molecule has 1 nitrogen and oxygen atoms in total. The van der Waals surface area contributed by atoms with Gasteiger partial charge in [0.25, 0.3) is 0 Å². The molecule has 0 rings (SSSR count). The van der Waals surface area contributed by atoms with Gasteiger partial charge in [0.1, 0.15) is 0 Å². The molecule has 0 amide bonds. The molecule has 5 heteroatoms. The molecule has 0 heterocycles. The van der Waals surface area contributed by atoms with Crippen LogP contribution in [-0.2, 0) is 4.74 Å². The van der Waals surface area contributed by atoms with Crippen molar-refractivity contribution in [1.82, 2.24) is 0 Å². The third-order valence-corrected chi connectivity index (χ3v) is 8.38. The molecular weight excluding hydrogens is 468 g/mol. The molecule has 0 aliphatic carbocycles. The van der Waals surface area contributed by atoms with Crippen LogP contribution in [0.5, 0.6) is 0 Å². The Labute approximate surface area is 133 Å². The molecule has 4 unspecified atom stereocenters. The van der Waals surface area contributed by atoms with Crippen LogP contribution in [0.4, 0.5) is 0 Å². The average Bonchev–Trinajstić information content (AvgIpc) is 2.23. The van der Waals surface area contributed by atoms with Crippen LogP contribution in [0.2, 0.25) is 0 Å². The van der Waals surface area contributed by atoms with E-state index in [-0.39, 0.29) is 4.32 Å². The Morgan fingerprint density at radius 3 is 2.25 bits per heavy atom. The summed E-state index contributed by atoms with van der Waals surface area (Å²) < 4.78 is 5.22. The molecule has 0 saturated heterocycles. The number of halogens is 4. The predicted octanol–water partition coefficient (Wildman–Crippen LogP) is 5.12. The molecule has 98 valence electrons. The van der Waals surface area contributed by atoms with Gasteiger partial charge in [-0.05, 0) is 25.7 Å². The fourth-order valence-corrected chi connectivity index (χ4v) is 3.17. The Bertz CT molecular complexity index is 187. The minimum atomic E-state index is 0.0116. The smallest absolute Gasteiger partial charge is 0.0624 e. The van der Waals surface area contributed by atoms with E-state index in [0.29, 0.717) is 22.2 Å². The highest BCUT2D eigenvalue weighted by Gasteiger charge is 2.30. The zero-order chi connectivity index (χ0) is 12.8. The number of methoxy groups -OCH3 is 1. The lowest BCUT2D eigenvalue weighted by Crippen LogP contribution is -2.34. The van der Waals surface area contributed by atoms with Gasteiger partial charge in [-0.1, -0.05) is 70.6 Å². The zero-order valence-electron chi connectivity index (χ0n) is 9.98. The van der Waals surface area contributed by atoms with Crippen LogP contribution in [0.15, 0.2) is 0 Å². The van der Waals surface area contributed by atoms with Crippen molar-refractivity contribution in [3.05, 3.63) is 0 Å². The summed E-state index contributed by atoms with van der Waals surface area (Å²) in [6.45, 7) is 5.16. The monoisotopic (exact) mass is 484 g/mol. The summed E-state index contributed by atoms with van der Waals surface area (Å²) in [7, 11) is 1.74. The summed E-state index contributed by atoms with van der Waals surface area (Å²) in [5.41, 5.74) is 0. The molecule has 0 aromatic carbocycles. The molecule has 0 fully saturated rings. The Balaban J connectivity index is 4.01. The Morgan fingerprint density at radius 2 is 1.81 bits per heavy atom. The molecule has 0 N–H and O–H groups in total. The lowest BCUT2D eigenvalue weighted by atomic mass is 9.97. The van der Waals surface area contributed by atoms with Gasteiger partial charge < -0.3 is 4.74 Å². The van der Waals surface area contributed by atoms with E-state index in [1.807, 2.05) is 0 Å². The Kier molecular flexibility index (Phi) is 9.94. The standard InChI is InChI=1S/C11H20Br4O/c1-8(9(13)6-12)4-5-10(14)11(2,15)7-16-3/h8-10H,4-7H2,1-3H3. The van der Waals surface area contributed by atoms with E-state index in [9.17, 15) is 0 Å². The molecule has 4 atom stereocenters. The number of hydrogen-bond donors (Lipinski definition) is 0. The SMILES string of the molecule is COCC(C)(Br)C(Br)CCC(C)C(Br)CBr. The lowest BCUT2D eigenvalue weighted by Gasteiger charge is -2.29. The van der Waals surface area contributed by atoms with Crippen LogP contribution in [0, 0.1) is 5.92 Å². The van der Waals surface area contributed by atoms with Crippen molar-refractivity contribution in [2.75, 3.05) is 19.0 Å². The number of rotatable bonds is 8. The largest absolute Gasteiger partial charge is 0.383 e. The van der Waals surface area contributed by atoms with E-state index in [1.165, 1.54) is 6.42 Å². The van der Waals surface area contributed by atoms with Crippen LogP contribution in [0.25, 0.3) is 0 Å². The van der Waals surface area contributed by atoms with Crippen LogP contribution >= 0.6 is 63.7 Å². The summed E-state index contributed by atoms with van der Waals surface area (Å²) >= 11 is 14.6. The molecule has 0 aromatic heterocycles. The van der Waals surface area contributed by atoms with Gasteiger partial charge in [0, 0.05) is 22.1 Å². The van der Waals surface area contributed by atoms with Crippen LogP contribution in [0.3, 0.4) is 0 Å². The van der Waals surface area contributed by atoms with Crippen LogP contribution < -0.4 is 0 Å². The third-order valence-electron chi connectivity index (χ3n) is 2.72. The van der Waals surface area contributed by atoms with E-state index >= 15 is 0 Å².